The van der Waals surface area contributed by atoms with E-state index in [0.29, 0.717) is 0 Å². The van der Waals surface area contributed by atoms with Crippen molar-refractivity contribution in [1.82, 2.24) is 0 Å². The maximum atomic E-state index is 13.3. The molecule has 1 rings (SSSR count). The SMILES string of the molecule is CC(CC(O)CO)c1c(F)cccc1F. The van der Waals surface area contributed by atoms with E-state index in [1.807, 2.05) is 0 Å². The first-order chi connectivity index (χ1) is 7.06. The van der Waals surface area contributed by atoms with E-state index in [0.717, 1.165) is 0 Å². The van der Waals surface area contributed by atoms with E-state index in [9.17, 15) is 13.9 Å². The van der Waals surface area contributed by atoms with E-state index in [1.54, 1.807) is 6.92 Å². The van der Waals surface area contributed by atoms with Crippen LogP contribution < -0.4 is 0 Å². The Hall–Kier alpha value is -1.00. The molecule has 0 aliphatic rings. The molecule has 2 unspecified atom stereocenters. The van der Waals surface area contributed by atoms with Crippen LogP contribution in [0.5, 0.6) is 0 Å². The Bertz CT molecular complexity index is 308. The summed E-state index contributed by atoms with van der Waals surface area (Å²) in [7, 11) is 0. The van der Waals surface area contributed by atoms with Crippen LogP contribution in [0.1, 0.15) is 24.8 Å². The maximum absolute atomic E-state index is 13.3. The van der Waals surface area contributed by atoms with Gasteiger partial charge in [0.25, 0.3) is 0 Å². The average Bonchev–Trinajstić information content (AvgIpc) is 2.17. The highest BCUT2D eigenvalue weighted by molar-refractivity contribution is 5.23. The topological polar surface area (TPSA) is 40.5 Å². The van der Waals surface area contributed by atoms with E-state index >= 15 is 0 Å². The minimum Gasteiger partial charge on any atom is -0.394 e. The van der Waals surface area contributed by atoms with Crippen molar-refractivity contribution in [3.8, 4) is 0 Å². The molecular weight excluding hydrogens is 202 g/mol. The zero-order valence-corrected chi connectivity index (χ0v) is 8.45. The fraction of sp³-hybridized carbons (Fsp3) is 0.455. The number of aliphatic hydroxyl groups excluding tert-OH is 2. The van der Waals surface area contributed by atoms with Crippen LogP contribution in [0.15, 0.2) is 18.2 Å². The van der Waals surface area contributed by atoms with E-state index in [4.69, 9.17) is 5.11 Å². The summed E-state index contributed by atoms with van der Waals surface area (Å²) in [5.41, 5.74) is -0.0370. The Labute approximate surface area is 87.2 Å². The molecule has 0 spiro atoms. The Kier molecular flexibility index (Phi) is 4.17. The lowest BCUT2D eigenvalue weighted by atomic mass is 9.94. The molecular formula is C11H14F2O2. The van der Waals surface area contributed by atoms with Crippen LogP contribution in [0.4, 0.5) is 8.78 Å². The van der Waals surface area contributed by atoms with E-state index in [2.05, 4.69) is 0 Å². The third-order valence-electron chi connectivity index (χ3n) is 2.33. The summed E-state index contributed by atoms with van der Waals surface area (Å²) in [6.07, 6.45) is -0.812. The van der Waals surface area contributed by atoms with Crippen LogP contribution in [0, 0.1) is 11.6 Å². The second-order valence-corrected chi connectivity index (χ2v) is 3.61. The van der Waals surface area contributed by atoms with Gasteiger partial charge < -0.3 is 10.2 Å². The summed E-state index contributed by atoms with van der Waals surface area (Å²) in [6.45, 7) is 1.21. The van der Waals surface area contributed by atoms with Gasteiger partial charge in [0.2, 0.25) is 0 Å². The molecule has 0 aromatic heterocycles. The standard InChI is InChI=1S/C11H14F2O2/c1-7(5-8(15)6-14)11-9(12)3-2-4-10(11)13/h2-4,7-8,14-15H,5-6H2,1H3. The number of rotatable bonds is 4. The quantitative estimate of drug-likeness (QED) is 0.805. The number of halogens is 2. The highest BCUT2D eigenvalue weighted by Crippen LogP contribution is 2.25. The molecule has 1 aromatic rings. The Morgan fingerprint density at radius 3 is 2.27 bits per heavy atom. The molecule has 0 fully saturated rings. The maximum Gasteiger partial charge on any atom is 0.129 e. The molecule has 0 aliphatic carbocycles. The number of benzene rings is 1. The normalized spacial score (nSPS) is 15.0. The van der Waals surface area contributed by atoms with Crippen molar-refractivity contribution in [2.24, 2.45) is 0 Å². The first-order valence-electron chi connectivity index (χ1n) is 4.79. The molecule has 0 amide bonds. The molecule has 2 nitrogen and oxygen atoms in total. The second-order valence-electron chi connectivity index (χ2n) is 3.61. The van der Waals surface area contributed by atoms with Gasteiger partial charge in [-0.1, -0.05) is 13.0 Å². The van der Waals surface area contributed by atoms with Gasteiger partial charge in [-0.05, 0) is 24.5 Å². The molecule has 0 aliphatic heterocycles. The first-order valence-corrected chi connectivity index (χ1v) is 4.79. The van der Waals surface area contributed by atoms with Crippen molar-refractivity contribution in [3.63, 3.8) is 0 Å². The van der Waals surface area contributed by atoms with Gasteiger partial charge >= 0.3 is 0 Å². The minimum atomic E-state index is -0.945. The molecule has 15 heavy (non-hydrogen) atoms. The Morgan fingerprint density at radius 1 is 1.27 bits per heavy atom. The summed E-state index contributed by atoms with van der Waals surface area (Å²) in [5, 5.41) is 17.8. The Morgan fingerprint density at radius 2 is 1.80 bits per heavy atom. The highest BCUT2D eigenvalue weighted by atomic mass is 19.1. The van der Waals surface area contributed by atoms with Gasteiger partial charge in [0.15, 0.2) is 0 Å². The Balaban J connectivity index is 2.86. The van der Waals surface area contributed by atoms with Gasteiger partial charge in [-0.3, -0.25) is 0 Å². The fourth-order valence-corrected chi connectivity index (χ4v) is 1.58. The van der Waals surface area contributed by atoms with Crippen LogP contribution in [0.3, 0.4) is 0 Å². The van der Waals surface area contributed by atoms with Gasteiger partial charge in [0.05, 0.1) is 12.7 Å². The molecule has 0 radical (unpaired) electrons. The zero-order chi connectivity index (χ0) is 11.4. The van der Waals surface area contributed by atoms with Crippen molar-refractivity contribution in [1.29, 1.82) is 0 Å². The molecule has 2 N–H and O–H groups in total. The highest BCUT2D eigenvalue weighted by Gasteiger charge is 2.18. The van der Waals surface area contributed by atoms with Crippen molar-refractivity contribution in [2.75, 3.05) is 6.61 Å². The third kappa shape index (κ3) is 2.97. The van der Waals surface area contributed by atoms with Gasteiger partial charge in [-0.15, -0.1) is 0 Å². The van der Waals surface area contributed by atoms with Crippen LogP contribution in [0.25, 0.3) is 0 Å². The second kappa shape index (κ2) is 5.19. The molecule has 0 bridgehead atoms. The van der Waals surface area contributed by atoms with Crippen LogP contribution in [-0.2, 0) is 0 Å². The molecule has 1 aromatic carbocycles. The smallest absolute Gasteiger partial charge is 0.129 e. The zero-order valence-electron chi connectivity index (χ0n) is 8.45. The van der Waals surface area contributed by atoms with Gasteiger partial charge in [-0.2, -0.15) is 0 Å². The summed E-state index contributed by atoms with van der Waals surface area (Å²) in [4.78, 5) is 0. The van der Waals surface area contributed by atoms with Crippen molar-refractivity contribution < 1.29 is 19.0 Å². The molecule has 0 heterocycles. The van der Waals surface area contributed by atoms with Crippen molar-refractivity contribution >= 4 is 0 Å². The van der Waals surface area contributed by atoms with Crippen LogP contribution in [0.2, 0.25) is 0 Å². The monoisotopic (exact) mass is 216 g/mol. The molecule has 4 heteroatoms. The summed E-state index contributed by atoms with van der Waals surface area (Å²) in [6, 6.07) is 3.66. The largest absolute Gasteiger partial charge is 0.394 e. The number of hydrogen-bond acceptors (Lipinski definition) is 2. The summed E-state index contributed by atoms with van der Waals surface area (Å²) < 4.78 is 26.5. The van der Waals surface area contributed by atoms with Crippen LogP contribution >= 0.6 is 0 Å². The van der Waals surface area contributed by atoms with Gasteiger partial charge in [-0.25, -0.2) is 8.78 Å². The number of hydrogen-bond donors (Lipinski definition) is 2. The van der Waals surface area contributed by atoms with Gasteiger partial charge in [0.1, 0.15) is 11.6 Å². The first kappa shape index (κ1) is 12.1. The van der Waals surface area contributed by atoms with E-state index < -0.39 is 30.3 Å². The van der Waals surface area contributed by atoms with Crippen LogP contribution in [-0.4, -0.2) is 22.9 Å². The van der Waals surface area contributed by atoms with Crippen molar-refractivity contribution in [3.05, 3.63) is 35.4 Å². The molecule has 0 saturated carbocycles. The lowest BCUT2D eigenvalue weighted by Gasteiger charge is -2.16. The van der Waals surface area contributed by atoms with Gasteiger partial charge in [0, 0.05) is 5.56 Å². The average molecular weight is 216 g/mol. The molecule has 84 valence electrons. The predicted molar refractivity (Wildman–Crippen MR) is 52.5 cm³/mol. The van der Waals surface area contributed by atoms with E-state index in [1.165, 1.54) is 18.2 Å². The molecule has 0 saturated heterocycles. The van der Waals surface area contributed by atoms with Crippen molar-refractivity contribution in [2.45, 2.75) is 25.4 Å². The predicted octanol–water partition coefficient (Wildman–Crippen LogP) is 1.81. The summed E-state index contributed by atoms with van der Waals surface area (Å²) in [5.74, 6) is -1.70. The number of aliphatic hydroxyl groups is 2. The third-order valence-corrected chi connectivity index (χ3v) is 2.33. The summed E-state index contributed by atoms with van der Waals surface area (Å²) >= 11 is 0. The lowest BCUT2D eigenvalue weighted by Crippen LogP contribution is -2.16. The fourth-order valence-electron chi connectivity index (χ4n) is 1.58. The lowest BCUT2D eigenvalue weighted by molar-refractivity contribution is 0.0829. The van der Waals surface area contributed by atoms with E-state index in [-0.39, 0.29) is 12.0 Å². The minimum absolute atomic E-state index is 0.0370. The molecule has 2 atom stereocenters.